The minimum atomic E-state index is -5.01. The molecule has 0 aromatic heterocycles. The Labute approximate surface area is 136 Å². The molecule has 1 fully saturated rings. The van der Waals surface area contributed by atoms with Crippen molar-refractivity contribution in [2.45, 2.75) is 11.1 Å². The Morgan fingerprint density at radius 2 is 1.78 bits per heavy atom. The molecule has 0 aliphatic carbocycles. The van der Waals surface area contributed by atoms with Crippen LogP contribution in [0.4, 0.5) is 18.9 Å². The molecule has 0 bridgehead atoms. The van der Waals surface area contributed by atoms with Crippen LogP contribution in [0.2, 0.25) is 0 Å². The second-order valence-corrected chi connectivity index (χ2v) is 6.50. The normalized spacial score (nSPS) is 16.7. The standard InChI is InChI=1S/C11H12F3N3O4S.ClH/c12-11(13,14)9-7-8(17(18)19)1-2-10(9)22(20,21)16-5-3-15-4-6-16;/h1-2,7,15H,3-6H2;1H. The summed E-state index contributed by atoms with van der Waals surface area (Å²) in [6.45, 7) is 0.731. The minimum Gasteiger partial charge on any atom is -0.314 e. The van der Waals surface area contributed by atoms with E-state index in [2.05, 4.69) is 5.32 Å². The predicted molar refractivity (Wildman–Crippen MR) is 77.0 cm³/mol. The first-order valence-corrected chi connectivity index (χ1v) is 7.64. The molecular formula is C11H13ClF3N3O4S. The number of halogens is 4. The first-order chi connectivity index (χ1) is 10.1. The molecule has 0 unspecified atom stereocenters. The topological polar surface area (TPSA) is 92.5 Å². The third kappa shape index (κ3) is 4.10. The average Bonchev–Trinajstić information content (AvgIpc) is 2.46. The number of piperazine rings is 1. The smallest absolute Gasteiger partial charge is 0.314 e. The SMILES string of the molecule is Cl.O=[N+]([O-])c1ccc(S(=O)(=O)N2CCNCC2)c(C(F)(F)F)c1. The quantitative estimate of drug-likeness (QED) is 0.640. The van der Waals surface area contributed by atoms with Gasteiger partial charge in [0.25, 0.3) is 5.69 Å². The van der Waals surface area contributed by atoms with Gasteiger partial charge in [-0.3, -0.25) is 10.1 Å². The molecule has 1 heterocycles. The van der Waals surface area contributed by atoms with Crippen LogP contribution in [0, 0.1) is 10.1 Å². The number of nitro benzene ring substituents is 1. The molecular weight excluding hydrogens is 363 g/mol. The zero-order valence-electron chi connectivity index (χ0n) is 11.5. The van der Waals surface area contributed by atoms with E-state index in [1.165, 1.54) is 0 Å². The van der Waals surface area contributed by atoms with Gasteiger partial charge >= 0.3 is 6.18 Å². The molecule has 1 aromatic carbocycles. The average molecular weight is 376 g/mol. The molecule has 12 heteroatoms. The summed E-state index contributed by atoms with van der Waals surface area (Å²) in [5.41, 5.74) is -2.34. The third-order valence-electron chi connectivity index (χ3n) is 3.17. The van der Waals surface area contributed by atoms with Crippen LogP contribution >= 0.6 is 12.4 Å². The first-order valence-electron chi connectivity index (χ1n) is 6.20. The summed E-state index contributed by atoms with van der Waals surface area (Å²) >= 11 is 0. The number of hydrogen-bond donors (Lipinski definition) is 1. The second-order valence-electron chi connectivity index (χ2n) is 4.59. The minimum absolute atomic E-state index is 0. The molecule has 0 spiro atoms. The molecule has 0 amide bonds. The lowest BCUT2D eigenvalue weighted by atomic mass is 10.2. The Balaban J connectivity index is 0.00000264. The first kappa shape index (κ1) is 19.6. The van der Waals surface area contributed by atoms with E-state index in [0.29, 0.717) is 19.2 Å². The molecule has 1 aromatic rings. The van der Waals surface area contributed by atoms with Crippen molar-refractivity contribution in [2.24, 2.45) is 0 Å². The van der Waals surface area contributed by atoms with Gasteiger partial charge < -0.3 is 5.32 Å². The molecule has 1 saturated heterocycles. The largest absolute Gasteiger partial charge is 0.417 e. The van der Waals surface area contributed by atoms with Crippen molar-refractivity contribution in [3.63, 3.8) is 0 Å². The number of sulfonamides is 1. The van der Waals surface area contributed by atoms with Crippen molar-refractivity contribution in [3.8, 4) is 0 Å². The lowest BCUT2D eigenvalue weighted by Gasteiger charge is -2.27. The van der Waals surface area contributed by atoms with Crippen molar-refractivity contribution in [1.82, 2.24) is 9.62 Å². The molecule has 1 aliphatic rings. The van der Waals surface area contributed by atoms with Gasteiger partial charge in [-0.2, -0.15) is 17.5 Å². The van der Waals surface area contributed by atoms with Crippen LogP contribution in [0.1, 0.15) is 5.56 Å². The van der Waals surface area contributed by atoms with Crippen molar-refractivity contribution < 1.29 is 26.5 Å². The number of alkyl halides is 3. The second kappa shape index (κ2) is 6.99. The number of nitrogens with one attached hydrogen (secondary N) is 1. The highest BCUT2D eigenvalue weighted by Gasteiger charge is 2.40. The van der Waals surface area contributed by atoms with E-state index in [4.69, 9.17) is 0 Å². The number of benzene rings is 1. The van der Waals surface area contributed by atoms with E-state index in [9.17, 15) is 31.7 Å². The van der Waals surface area contributed by atoms with Gasteiger partial charge in [-0.15, -0.1) is 12.4 Å². The van der Waals surface area contributed by atoms with Crippen molar-refractivity contribution in [1.29, 1.82) is 0 Å². The highest BCUT2D eigenvalue weighted by atomic mass is 35.5. The van der Waals surface area contributed by atoms with Gasteiger partial charge in [-0.25, -0.2) is 8.42 Å². The van der Waals surface area contributed by atoms with E-state index in [0.717, 1.165) is 10.4 Å². The van der Waals surface area contributed by atoms with Crippen LogP contribution in [-0.4, -0.2) is 43.8 Å². The van der Waals surface area contributed by atoms with Gasteiger partial charge in [-0.05, 0) is 6.07 Å². The fraction of sp³-hybridized carbons (Fsp3) is 0.455. The maximum absolute atomic E-state index is 13.1. The van der Waals surface area contributed by atoms with Gasteiger partial charge in [0.05, 0.1) is 15.4 Å². The highest BCUT2D eigenvalue weighted by Crippen LogP contribution is 2.37. The van der Waals surface area contributed by atoms with Crippen LogP contribution in [-0.2, 0) is 16.2 Å². The zero-order chi connectivity index (χ0) is 16.5. The predicted octanol–water partition coefficient (Wildman–Crippen LogP) is 1.63. The van der Waals surface area contributed by atoms with Crippen LogP contribution in [0.5, 0.6) is 0 Å². The Morgan fingerprint density at radius 3 is 2.26 bits per heavy atom. The summed E-state index contributed by atoms with van der Waals surface area (Å²) in [4.78, 5) is 8.64. The Hall–Kier alpha value is -1.43. The summed E-state index contributed by atoms with van der Waals surface area (Å²) in [6, 6.07) is 1.64. The summed E-state index contributed by atoms with van der Waals surface area (Å²) in [6.07, 6.45) is -5.01. The van der Waals surface area contributed by atoms with Crippen LogP contribution in [0.25, 0.3) is 0 Å². The Bertz CT molecular complexity index is 690. The lowest BCUT2D eigenvalue weighted by molar-refractivity contribution is -0.385. The van der Waals surface area contributed by atoms with Gasteiger partial charge in [-0.1, -0.05) is 0 Å². The van der Waals surface area contributed by atoms with Crippen LogP contribution in [0.3, 0.4) is 0 Å². The van der Waals surface area contributed by atoms with Gasteiger partial charge in [0.15, 0.2) is 0 Å². The summed E-state index contributed by atoms with van der Waals surface area (Å²) in [5, 5.41) is 13.5. The Kier molecular flexibility index (Phi) is 5.96. The Morgan fingerprint density at radius 1 is 1.22 bits per heavy atom. The molecule has 2 rings (SSSR count). The molecule has 0 radical (unpaired) electrons. The van der Waals surface area contributed by atoms with Crippen LogP contribution in [0.15, 0.2) is 23.1 Å². The number of nitrogens with zero attached hydrogens (tertiary/aromatic N) is 2. The molecule has 1 aliphatic heterocycles. The monoisotopic (exact) mass is 375 g/mol. The van der Waals surface area contributed by atoms with E-state index in [-0.39, 0.29) is 31.6 Å². The maximum Gasteiger partial charge on any atom is 0.417 e. The van der Waals surface area contributed by atoms with Crippen molar-refractivity contribution in [2.75, 3.05) is 26.2 Å². The van der Waals surface area contributed by atoms with Crippen molar-refractivity contribution >= 4 is 28.1 Å². The van der Waals surface area contributed by atoms with Crippen LogP contribution < -0.4 is 5.32 Å². The third-order valence-corrected chi connectivity index (χ3v) is 5.13. The van der Waals surface area contributed by atoms with E-state index < -0.39 is 37.3 Å². The number of non-ortho nitro benzene ring substituents is 1. The molecule has 7 nitrogen and oxygen atoms in total. The lowest BCUT2D eigenvalue weighted by Crippen LogP contribution is -2.46. The van der Waals surface area contributed by atoms with Crippen molar-refractivity contribution in [3.05, 3.63) is 33.9 Å². The maximum atomic E-state index is 13.1. The fourth-order valence-corrected chi connectivity index (χ4v) is 3.74. The molecule has 23 heavy (non-hydrogen) atoms. The summed E-state index contributed by atoms with van der Waals surface area (Å²) < 4.78 is 64.9. The summed E-state index contributed by atoms with van der Waals surface area (Å²) in [7, 11) is -4.37. The van der Waals surface area contributed by atoms with E-state index in [1.807, 2.05) is 0 Å². The number of rotatable bonds is 3. The van der Waals surface area contributed by atoms with E-state index >= 15 is 0 Å². The van der Waals surface area contributed by atoms with Gasteiger partial charge in [0, 0.05) is 38.3 Å². The number of hydrogen-bond acceptors (Lipinski definition) is 5. The molecule has 0 saturated carbocycles. The van der Waals surface area contributed by atoms with Gasteiger partial charge in [0.1, 0.15) is 0 Å². The highest BCUT2D eigenvalue weighted by molar-refractivity contribution is 7.89. The van der Waals surface area contributed by atoms with Gasteiger partial charge in [0.2, 0.25) is 10.0 Å². The number of nitro groups is 1. The van der Waals surface area contributed by atoms with E-state index in [1.54, 1.807) is 0 Å². The molecule has 1 N–H and O–H groups in total. The molecule has 130 valence electrons. The summed E-state index contributed by atoms with van der Waals surface area (Å²) in [5.74, 6) is 0. The molecule has 0 atom stereocenters. The zero-order valence-corrected chi connectivity index (χ0v) is 13.2. The fourth-order valence-electron chi connectivity index (χ4n) is 2.10.